The predicted octanol–water partition coefficient (Wildman–Crippen LogP) is 3.35. The first-order chi connectivity index (χ1) is 16.0. The number of aliphatic carboxylic acids is 1. The average Bonchev–Trinajstić information content (AvgIpc) is 2.87. The Balaban J connectivity index is 1.84. The number of carboxylic acids is 1. The molecule has 0 saturated heterocycles. The van der Waals surface area contributed by atoms with Crippen molar-refractivity contribution in [3.05, 3.63) is 65.7 Å². The molecule has 2 aromatic carbocycles. The van der Waals surface area contributed by atoms with Crippen molar-refractivity contribution in [2.45, 2.75) is 57.5 Å². The van der Waals surface area contributed by atoms with Gasteiger partial charge >= 0.3 is 11.9 Å². The van der Waals surface area contributed by atoms with Crippen LogP contribution in [0.1, 0.15) is 43.7 Å². The largest absolute Gasteiger partial charge is 0.480 e. The standard InChI is InChI=1S/C26H32N2O5/c1-2-33-26(32)22(17-16-19-10-4-3-5-11-19)27-21-14-8-6-12-20-13-7-9-15-23(20)28(25(21)31)18-24(29)30/h3-5,7,9-11,13,15,21-22,27H,2,6,8,12,14,16-18H2,1H3,(H,29,30). The van der Waals surface area contributed by atoms with Crippen LogP contribution in [0.2, 0.25) is 0 Å². The second-order valence-corrected chi connectivity index (χ2v) is 8.24. The molecule has 3 rings (SSSR count). The second-order valence-electron chi connectivity index (χ2n) is 8.24. The van der Waals surface area contributed by atoms with Gasteiger partial charge in [0.15, 0.2) is 0 Å². The minimum Gasteiger partial charge on any atom is -0.480 e. The maximum absolute atomic E-state index is 13.6. The van der Waals surface area contributed by atoms with Gasteiger partial charge in [-0.3, -0.25) is 24.6 Å². The molecule has 2 atom stereocenters. The Bertz CT molecular complexity index is 947. The van der Waals surface area contributed by atoms with Crippen molar-refractivity contribution in [3.8, 4) is 0 Å². The van der Waals surface area contributed by atoms with Crippen molar-refractivity contribution in [3.63, 3.8) is 0 Å². The lowest BCUT2D eigenvalue weighted by atomic mass is 10.0. The van der Waals surface area contributed by atoms with Crippen molar-refractivity contribution < 1.29 is 24.2 Å². The summed E-state index contributed by atoms with van der Waals surface area (Å²) in [5.74, 6) is -1.81. The zero-order valence-electron chi connectivity index (χ0n) is 19.0. The molecule has 2 unspecified atom stereocenters. The zero-order valence-corrected chi connectivity index (χ0v) is 19.0. The fraction of sp³-hybridized carbons (Fsp3) is 0.423. The van der Waals surface area contributed by atoms with Gasteiger partial charge in [0.2, 0.25) is 5.91 Å². The molecule has 1 amide bonds. The first-order valence-corrected chi connectivity index (χ1v) is 11.6. The molecule has 0 saturated carbocycles. The predicted molar refractivity (Wildman–Crippen MR) is 126 cm³/mol. The molecule has 2 aromatic rings. The number of hydrogen-bond donors (Lipinski definition) is 2. The van der Waals surface area contributed by atoms with E-state index in [1.165, 1.54) is 4.90 Å². The van der Waals surface area contributed by atoms with Crippen LogP contribution in [0, 0.1) is 0 Å². The number of carbonyl (C=O) groups excluding carboxylic acids is 2. The summed E-state index contributed by atoms with van der Waals surface area (Å²) in [6, 6.07) is 15.9. The van der Waals surface area contributed by atoms with Crippen LogP contribution in [0.25, 0.3) is 0 Å². The highest BCUT2D eigenvalue weighted by atomic mass is 16.5. The molecule has 0 spiro atoms. The van der Waals surface area contributed by atoms with E-state index in [9.17, 15) is 19.5 Å². The maximum Gasteiger partial charge on any atom is 0.323 e. The van der Waals surface area contributed by atoms with Crippen molar-refractivity contribution in [2.24, 2.45) is 0 Å². The average molecular weight is 453 g/mol. The van der Waals surface area contributed by atoms with Gasteiger partial charge in [0.05, 0.1) is 12.6 Å². The summed E-state index contributed by atoms with van der Waals surface area (Å²) in [7, 11) is 0. The number of esters is 1. The molecule has 33 heavy (non-hydrogen) atoms. The van der Waals surface area contributed by atoms with Crippen LogP contribution in [-0.2, 0) is 32.0 Å². The second kappa shape index (κ2) is 12.2. The van der Waals surface area contributed by atoms with Gasteiger partial charge in [-0.2, -0.15) is 0 Å². The third kappa shape index (κ3) is 6.89. The molecule has 0 bridgehead atoms. The van der Waals surface area contributed by atoms with E-state index in [0.29, 0.717) is 24.9 Å². The first kappa shape index (κ1) is 24.5. The lowest BCUT2D eigenvalue weighted by Gasteiger charge is -2.29. The van der Waals surface area contributed by atoms with Crippen LogP contribution >= 0.6 is 0 Å². The fourth-order valence-electron chi connectivity index (χ4n) is 4.24. The number of para-hydroxylation sites is 1. The van der Waals surface area contributed by atoms with Crippen LogP contribution in [0.3, 0.4) is 0 Å². The monoisotopic (exact) mass is 452 g/mol. The number of ether oxygens (including phenoxy) is 1. The topological polar surface area (TPSA) is 95.9 Å². The van der Waals surface area contributed by atoms with E-state index in [1.54, 1.807) is 13.0 Å². The molecule has 7 nitrogen and oxygen atoms in total. The third-order valence-electron chi connectivity index (χ3n) is 5.87. The number of nitrogens with one attached hydrogen (secondary N) is 1. The Morgan fingerprint density at radius 3 is 2.58 bits per heavy atom. The highest BCUT2D eigenvalue weighted by Crippen LogP contribution is 2.26. The quantitative estimate of drug-likeness (QED) is 0.567. The third-order valence-corrected chi connectivity index (χ3v) is 5.87. The van der Waals surface area contributed by atoms with Gasteiger partial charge in [0.1, 0.15) is 12.6 Å². The van der Waals surface area contributed by atoms with Gasteiger partial charge in [-0.1, -0.05) is 55.0 Å². The molecule has 1 aliphatic heterocycles. The van der Waals surface area contributed by atoms with Gasteiger partial charge in [0, 0.05) is 5.69 Å². The summed E-state index contributed by atoms with van der Waals surface area (Å²) in [5.41, 5.74) is 2.67. The Kier molecular flexibility index (Phi) is 9.01. The van der Waals surface area contributed by atoms with Crippen molar-refractivity contribution >= 4 is 23.5 Å². The minimum absolute atomic E-state index is 0.249. The number of anilines is 1. The number of benzene rings is 2. The molecule has 0 aliphatic carbocycles. The molecule has 0 aromatic heterocycles. The summed E-state index contributed by atoms with van der Waals surface area (Å²) in [4.78, 5) is 39.2. The number of aryl methyl sites for hydroxylation is 2. The number of carboxylic acid groups (broad SMARTS) is 1. The van der Waals surface area contributed by atoms with Crippen LogP contribution < -0.4 is 10.2 Å². The molecule has 0 fully saturated rings. The van der Waals surface area contributed by atoms with E-state index in [4.69, 9.17) is 4.74 Å². The summed E-state index contributed by atoms with van der Waals surface area (Å²) in [5, 5.41) is 12.7. The normalized spacial score (nSPS) is 17.3. The molecular formula is C26H32N2O5. The lowest BCUT2D eigenvalue weighted by Crippen LogP contribution is -2.53. The fourth-order valence-corrected chi connectivity index (χ4v) is 4.24. The zero-order chi connectivity index (χ0) is 23.6. The molecule has 7 heteroatoms. The number of rotatable bonds is 9. The Morgan fingerprint density at radius 1 is 1.12 bits per heavy atom. The van der Waals surface area contributed by atoms with Crippen LogP contribution in [-0.4, -0.2) is 48.2 Å². The minimum atomic E-state index is -1.08. The Morgan fingerprint density at radius 2 is 1.85 bits per heavy atom. The van der Waals surface area contributed by atoms with E-state index in [-0.39, 0.29) is 12.5 Å². The SMILES string of the molecule is CCOC(=O)C(CCc1ccccc1)NC1CCCCc2ccccc2N(CC(=O)O)C1=O. The first-order valence-electron chi connectivity index (χ1n) is 11.6. The number of hydrogen-bond acceptors (Lipinski definition) is 5. The molecule has 1 aliphatic rings. The van der Waals surface area contributed by atoms with E-state index in [1.807, 2.05) is 48.5 Å². The Labute approximate surface area is 194 Å². The number of amides is 1. The van der Waals surface area contributed by atoms with Crippen LogP contribution in [0.15, 0.2) is 54.6 Å². The molecular weight excluding hydrogens is 420 g/mol. The van der Waals surface area contributed by atoms with Gasteiger partial charge in [-0.15, -0.1) is 0 Å². The number of carbonyl (C=O) groups is 3. The van der Waals surface area contributed by atoms with Gasteiger partial charge in [-0.05, 0) is 56.2 Å². The van der Waals surface area contributed by atoms with Crippen molar-refractivity contribution in [1.82, 2.24) is 5.32 Å². The molecule has 2 N–H and O–H groups in total. The van der Waals surface area contributed by atoms with Gasteiger partial charge in [0.25, 0.3) is 0 Å². The molecule has 176 valence electrons. The summed E-state index contributed by atoms with van der Waals surface area (Å²) in [6.45, 7) is 1.57. The van der Waals surface area contributed by atoms with Crippen LogP contribution in [0.5, 0.6) is 0 Å². The molecule has 0 radical (unpaired) electrons. The smallest absolute Gasteiger partial charge is 0.323 e. The maximum atomic E-state index is 13.6. The van der Waals surface area contributed by atoms with Gasteiger partial charge in [-0.25, -0.2) is 0 Å². The van der Waals surface area contributed by atoms with Crippen LogP contribution in [0.4, 0.5) is 5.69 Å². The lowest BCUT2D eigenvalue weighted by molar-refractivity contribution is -0.146. The number of fused-ring (bicyclic) bond motifs is 1. The highest BCUT2D eigenvalue weighted by Gasteiger charge is 2.32. The van der Waals surface area contributed by atoms with E-state index >= 15 is 0 Å². The van der Waals surface area contributed by atoms with E-state index in [0.717, 1.165) is 30.4 Å². The summed E-state index contributed by atoms with van der Waals surface area (Å²) in [6.07, 6.45) is 4.07. The van der Waals surface area contributed by atoms with Crippen molar-refractivity contribution in [2.75, 3.05) is 18.1 Å². The summed E-state index contributed by atoms with van der Waals surface area (Å²) < 4.78 is 5.28. The summed E-state index contributed by atoms with van der Waals surface area (Å²) >= 11 is 0. The van der Waals surface area contributed by atoms with Crippen molar-refractivity contribution in [1.29, 1.82) is 0 Å². The van der Waals surface area contributed by atoms with E-state index < -0.39 is 30.6 Å². The van der Waals surface area contributed by atoms with Gasteiger partial charge < -0.3 is 9.84 Å². The highest BCUT2D eigenvalue weighted by molar-refractivity contribution is 6.01. The molecule has 1 heterocycles. The number of nitrogens with zero attached hydrogens (tertiary/aromatic N) is 1. The van der Waals surface area contributed by atoms with E-state index in [2.05, 4.69) is 5.32 Å². The Hall–Kier alpha value is -3.19.